The van der Waals surface area contributed by atoms with Gasteiger partial charge in [0.25, 0.3) is 0 Å². The van der Waals surface area contributed by atoms with Crippen molar-refractivity contribution in [3.63, 3.8) is 0 Å². The molecule has 0 spiro atoms. The number of nitrogens with one attached hydrogen (secondary N) is 2. The van der Waals surface area contributed by atoms with Crippen LogP contribution in [0.5, 0.6) is 17.2 Å². The van der Waals surface area contributed by atoms with E-state index in [0.29, 0.717) is 30.2 Å². The SMILES string of the molecule is COc1cc(CCNC(=O)[C@@H](NS(C)(=O)=O)C(C)C)ccc1OCCOc1ccc(F)cc1. The number of methoxy groups -OCH3 is 1. The Morgan fingerprint density at radius 3 is 2.30 bits per heavy atom. The number of benzene rings is 2. The zero-order valence-corrected chi connectivity index (χ0v) is 20.1. The molecule has 0 saturated heterocycles. The van der Waals surface area contributed by atoms with Gasteiger partial charge in [-0.2, -0.15) is 0 Å². The van der Waals surface area contributed by atoms with E-state index >= 15 is 0 Å². The number of halogens is 1. The fourth-order valence-electron chi connectivity index (χ4n) is 2.99. The molecule has 1 atom stereocenters. The molecule has 0 aliphatic rings. The van der Waals surface area contributed by atoms with E-state index in [9.17, 15) is 17.6 Å². The van der Waals surface area contributed by atoms with Crippen LogP contribution in [0.1, 0.15) is 19.4 Å². The molecule has 2 aromatic rings. The van der Waals surface area contributed by atoms with Gasteiger partial charge in [-0.3, -0.25) is 4.79 Å². The van der Waals surface area contributed by atoms with Crippen LogP contribution in [0, 0.1) is 11.7 Å². The summed E-state index contributed by atoms with van der Waals surface area (Å²) in [7, 11) is -1.96. The molecule has 0 radical (unpaired) electrons. The summed E-state index contributed by atoms with van der Waals surface area (Å²) in [5, 5.41) is 2.77. The molecule has 0 bridgehead atoms. The summed E-state index contributed by atoms with van der Waals surface area (Å²) in [6.45, 7) is 4.43. The molecule has 2 aromatic carbocycles. The number of hydrogen-bond donors (Lipinski definition) is 2. The van der Waals surface area contributed by atoms with Crippen molar-refractivity contribution in [2.24, 2.45) is 5.92 Å². The average Bonchev–Trinajstić information content (AvgIpc) is 2.76. The number of rotatable bonds is 13. The largest absolute Gasteiger partial charge is 0.493 e. The van der Waals surface area contributed by atoms with Gasteiger partial charge >= 0.3 is 0 Å². The van der Waals surface area contributed by atoms with Gasteiger partial charge < -0.3 is 19.5 Å². The van der Waals surface area contributed by atoms with Gasteiger partial charge in [-0.1, -0.05) is 19.9 Å². The highest BCUT2D eigenvalue weighted by Crippen LogP contribution is 2.28. The Balaban J connectivity index is 1.84. The molecular formula is C23H31FN2O6S. The predicted octanol–water partition coefficient (Wildman–Crippen LogP) is 2.52. The van der Waals surface area contributed by atoms with Crippen molar-refractivity contribution < 1.29 is 31.8 Å². The van der Waals surface area contributed by atoms with Crippen molar-refractivity contribution in [3.05, 3.63) is 53.8 Å². The molecule has 10 heteroatoms. The molecule has 8 nitrogen and oxygen atoms in total. The molecule has 0 unspecified atom stereocenters. The fourth-order valence-corrected chi connectivity index (χ4v) is 3.83. The minimum Gasteiger partial charge on any atom is -0.493 e. The molecular weight excluding hydrogens is 451 g/mol. The highest BCUT2D eigenvalue weighted by Gasteiger charge is 2.24. The van der Waals surface area contributed by atoms with Gasteiger partial charge in [0.2, 0.25) is 15.9 Å². The normalized spacial score (nSPS) is 12.3. The first-order valence-corrected chi connectivity index (χ1v) is 12.4. The van der Waals surface area contributed by atoms with Crippen LogP contribution in [0.3, 0.4) is 0 Å². The first kappa shape index (κ1) is 26.4. The molecule has 0 aliphatic carbocycles. The number of carbonyl (C=O) groups excluding carboxylic acids is 1. The summed E-state index contributed by atoms with van der Waals surface area (Å²) < 4.78 is 54.9. The van der Waals surface area contributed by atoms with Gasteiger partial charge in [-0.15, -0.1) is 0 Å². The van der Waals surface area contributed by atoms with E-state index in [-0.39, 0.29) is 30.9 Å². The third-order valence-corrected chi connectivity index (χ3v) is 5.34. The zero-order chi connectivity index (χ0) is 24.4. The highest BCUT2D eigenvalue weighted by molar-refractivity contribution is 7.88. The van der Waals surface area contributed by atoms with Crippen LogP contribution in [0.4, 0.5) is 4.39 Å². The summed E-state index contributed by atoms with van der Waals surface area (Å²) in [5.74, 6) is 0.750. The maximum absolute atomic E-state index is 12.9. The lowest BCUT2D eigenvalue weighted by atomic mass is 10.0. The Kier molecular flexibility index (Phi) is 9.93. The Hall–Kier alpha value is -2.85. The molecule has 2 rings (SSSR count). The third-order valence-electron chi connectivity index (χ3n) is 4.65. The van der Waals surface area contributed by atoms with Gasteiger partial charge in [0.1, 0.15) is 30.8 Å². The minimum atomic E-state index is -3.50. The monoisotopic (exact) mass is 482 g/mol. The second-order valence-electron chi connectivity index (χ2n) is 7.79. The summed E-state index contributed by atoms with van der Waals surface area (Å²) in [5.41, 5.74) is 0.916. The van der Waals surface area contributed by atoms with E-state index < -0.39 is 16.1 Å². The lowest BCUT2D eigenvalue weighted by Crippen LogP contribution is -2.49. The van der Waals surface area contributed by atoms with Crippen LogP contribution in [-0.4, -0.2) is 53.5 Å². The van der Waals surface area contributed by atoms with Gasteiger partial charge in [-0.05, 0) is 54.3 Å². The van der Waals surface area contributed by atoms with Crippen LogP contribution in [0.15, 0.2) is 42.5 Å². The van der Waals surface area contributed by atoms with Crippen LogP contribution >= 0.6 is 0 Å². The number of hydrogen-bond acceptors (Lipinski definition) is 6. The standard InChI is InChI=1S/C23H31FN2O6S/c1-16(2)22(26-33(4,28)29)23(27)25-12-11-17-5-10-20(21(15-17)30-3)32-14-13-31-19-8-6-18(24)7-9-19/h5-10,15-16,22,26H,11-14H2,1-4H3,(H,25,27)/t22-/m0/s1. The van der Waals surface area contributed by atoms with E-state index in [0.717, 1.165) is 11.8 Å². The van der Waals surface area contributed by atoms with Crippen LogP contribution in [-0.2, 0) is 21.2 Å². The Bertz CT molecular complexity index is 1010. The minimum absolute atomic E-state index is 0.191. The lowest BCUT2D eigenvalue weighted by Gasteiger charge is -2.20. The molecule has 0 saturated carbocycles. The Morgan fingerprint density at radius 1 is 1.03 bits per heavy atom. The smallest absolute Gasteiger partial charge is 0.238 e. The number of sulfonamides is 1. The van der Waals surface area contributed by atoms with Crippen LogP contribution < -0.4 is 24.2 Å². The van der Waals surface area contributed by atoms with Crippen LogP contribution in [0.25, 0.3) is 0 Å². The maximum atomic E-state index is 12.9. The van der Waals surface area contributed by atoms with E-state index in [1.54, 1.807) is 32.0 Å². The first-order valence-electron chi connectivity index (χ1n) is 10.5. The lowest BCUT2D eigenvalue weighted by molar-refractivity contribution is -0.123. The maximum Gasteiger partial charge on any atom is 0.238 e. The molecule has 0 fully saturated rings. The van der Waals surface area contributed by atoms with Gasteiger partial charge in [-0.25, -0.2) is 17.5 Å². The van der Waals surface area contributed by atoms with Crippen molar-refractivity contribution in [1.82, 2.24) is 10.0 Å². The summed E-state index contributed by atoms with van der Waals surface area (Å²) in [6, 6.07) is 10.4. The van der Waals surface area contributed by atoms with E-state index in [1.165, 1.54) is 19.2 Å². The topological polar surface area (TPSA) is 103 Å². The number of amides is 1. The summed E-state index contributed by atoms with van der Waals surface area (Å²) in [6.07, 6.45) is 1.56. The molecule has 0 aromatic heterocycles. The van der Waals surface area contributed by atoms with E-state index in [2.05, 4.69) is 10.0 Å². The number of carbonyl (C=O) groups is 1. The van der Waals surface area contributed by atoms with Crippen molar-refractivity contribution in [1.29, 1.82) is 0 Å². The average molecular weight is 483 g/mol. The third kappa shape index (κ3) is 9.27. The second kappa shape index (κ2) is 12.4. The van der Waals surface area contributed by atoms with Gasteiger partial charge in [0, 0.05) is 6.54 Å². The Morgan fingerprint density at radius 2 is 1.70 bits per heavy atom. The molecule has 182 valence electrons. The van der Waals surface area contributed by atoms with Gasteiger partial charge in [0.15, 0.2) is 11.5 Å². The number of ether oxygens (including phenoxy) is 3. The van der Waals surface area contributed by atoms with E-state index in [4.69, 9.17) is 14.2 Å². The Labute approximate surface area is 194 Å². The molecule has 0 aliphatic heterocycles. The zero-order valence-electron chi connectivity index (χ0n) is 19.3. The highest BCUT2D eigenvalue weighted by atomic mass is 32.2. The molecule has 0 heterocycles. The second-order valence-corrected chi connectivity index (χ2v) is 9.57. The van der Waals surface area contributed by atoms with Crippen molar-refractivity contribution in [2.45, 2.75) is 26.3 Å². The molecule has 1 amide bonds. The first-order chi connectivity index (χ1) is 15.6. The van der Waals surface area contributed by atoms with Crippen molar-refractivity contribution in [2.75, 3.05) is 33.1 Å². The van der Waals surface area contributed by atoms with E-state index in [1.807, 2.05) is 12.1 Å². The van der Waals surface area contributed by atoms with Gasteiger partial charge in [0.05, 0.1) is 13.4 Å². The predicted molar refractivity (Wildman–Crippen MR) is 124 cm³/mol. The summed E-state index contributed by atoms with van der Waals surface area (Å²) >= 11 is 0. The molecule has 33 heavy (non-hydrogen) atoms. The van der Waals surface area contributed by atoms with Crippen molar-refractivity contribution in [3.8, 4) is 17.2 Å². The summed E-state index contributed by atoms with van der Waals surface area (Å²) in [4.78, 5) is 12.4. The quantitative estimate of drug-likeness (QED) is 0.426. The van der Waals surface area contributed by atoms with Crippen LogP contribution in [0.2, 0.25) is 0 Å². The fraction of sp³-hybridized carbons (Fsp3) is 0.435. The van der Waals surface area contributed by atoms with Crippen molar-refractivity contribution >= 4 is 15.9 Å². The molecule has 2 N–H and O–H groups in total.